The van der Waals surface area contributed by atoms with Crippen molar-refractivity contribution in [2.75, 3.05) is 0 Å². The van der Waals surface area contributed by atoms with Crippen molar-refractivity contribution in [1.82, 2.24) is 5.32 Å². The molecule has 2 N–H and O–H groups in total. The van der Waals surface area contributed by atoms with Gasteiger partial charge in [-0.15, -0.1) is 5.11 Å². The van der Waals surface area contributed by atoms with Gasteiger partial charge in [-0.2, -0.15) is 5.11 Å². The predicted molar refractivity (Wildman–Crippen MR) is 74.2 cm³/mol. The van der Waals surface area contributed by atoms with Crippen LogP contribution in [0.1, 0.15) is 27.7 Å². The Morgan fingerprint density at radius 1 is 1.21 bits per heavy atom. The number of hydrogen-bond acceptors (Lipinski definition) is 4. The van der Waals surface area contributed by atoms with E-state index in [4.69, 9.17) is 0 Å². The standard InChI is InChI=1S/C14H19N3O2/c1-10(18)12(13(19)15-14(2,3)4)17-16-11-8-6-5-7-9-11/h5-9,18H,1-4H3,(H,15,19)/b12-10-,17-16?. The zero-order valence-corrected chi connectivity index (χ0v) is 11.6. The maximum Gasteiger partial charge on any atom is 0.275 e. The number of benzene rings is 1. The second kappa shape index (κ2) is 6.13. The molecule has 0 saturated carbocycles. The van der Waals surface area contributed by atoms with Gasteiger partial charge in [0.05, 0.1) is 5.69 Å². The Kier molecular flexibility index (Phi) is 4.80. The molecule has 0 radical (unpaired) electrons. The first kappa shape index (κ1) is 14.9. The van der Waals surface area contributed by atoms with Gasteiger partial charge in [-0.05, 0) is 39.8 Å². The van der Waals surface area contributed by atoms with Crippen LogP contribution in [0.5, 0.6) is 0 Å². The summed E-state index contributed by atoms with van der Waals surface area (Å²) in [6, 6.07) is 9.02. The van der Waals surface area contributed by atoms with E-state index in [9.17, 15) is 9.90 Å². The first-order chi connectivity index (χ1) is 8.79. The quantitative estimate of drug-likeness (QED) is 0.496. The van der Waals surface area contributed by atoms with E-state index < -0.39 is 11.4 Å². The van der Waals surface area contributed by atoms with E-state index in [1.54, 1.807) is 12.1 Å². The number of nitrogens with zero attached hydrogens (tertiary/aromatic N) is 2. The second-order valence-corrected chi connectivity index (χ2v) is 5.17. The van der Waals surface area contributed by atoms with E-state index in [1.165, 1.54) is 6.92 Å². The Bertz CT molecular complexity index is 495. The molecule has 5 heteroatoms. The number of rotatable bonds is 3. The summed E-state index contributed by atoms with van der Waals surface area (Å²) in [6.07, 6.45) is 0. The topological polar surface area (TPSA) is 74.0 Å². The number of aliphatic hydroxyl groups is 1. The number of allylic oxidation sites excluding steroid dienone is 1. The summed E-state index contributed by atoms with van der Waals surface area (Å²) < 4.78 is 0. The molecule has 0 unspecified atom stereocenters. The highest BCUT2D eigenvalue weighted by Crippen LogP contribution is 2.14. The molecular weight excluding hydrogens is 242 g/mol. The Balaban J connectivity index is 2.90. The van der Waals surface area contributed by atoms with Crippen LogP contribution >= 0.6 is 0 Å². The number of hydrogen-bond donors (Lipinski definition) is 2. The van der Waals surface area contributed by atoms with Gasteiger partial charge in [-0.1, -0.05) is 18.2 Å². The van der Waals surface area contributed by atoms with Crippen LogP contribution in [-0.4, -0.2) is 16.6 Å². The molecule has 1 aromatic carbocycles. The van der Waals surface area contributed by atoms with Gasteiger partial charge in [0.1, 0.15) is 5.76 Å². The Morgan fingerprint density at radius 3 is 2.26 bits per heavy atom. The minimum absolute atomic E-state index is 0.0845. The fourth-order valence-corrected chi connectivity index (χ4v) is 1.28. The lowest BCUT2D eigenvalue weighted by Gasteiger charge is -2.20. The molecule has 0 aliphatic rings. The number of carbonyl (C=O) groups excluding carboxylic acids is 1. The van der Waals surface area contributed by atoms with Crippen LogP contribution in [0.15, 0.2) is 52.0 Å². The van der Waals surface area contributed by atoms with Crippen LogP contribution in [0.2, 0.25) is 0 Å². The summed E-state index contributed by atoms with van der Waals surface area (Å²) in [4.78, 5) is 11.9. The second-order valence-electron chi connectivity index (χ2n) is 5.17. The lowest BCUT2D eigenvalue weighted by molar-refractivity contribution is -0.119. The smallest absolute Gasteiger partial charge is 0.275 e. The summed E-state index contributed by atoms with van der Waals surface area (Å²) >= 11 is 0. The largest absolute Gasteiger partial charge is 0.510 e. The van der Waals surface area contributed by atoms with Gasteiger partial charge in [-0.25, -0.2) is 0 Å². The molecule has 0 aliphatic carbocycles. The van der Waals surface area contributed by atoms with E-state index >= 15 is 0 Å². The lowest BCUT2D eigenvalue weighted by Crippen LogP contribution is -2.41. The van der Waals surface area contributed by atoms with Crippen molar-refractivity contribution < 1.29 is 9.90 Å². The molecule has 0 heterocycles. The molecular formula is C14H19N3O2. The highest BCUT2D eigenvalue weighted by molar-refractivity contribution is 5.93. The third kappa shape index (κ3) is 5.33. The third-order valence-corrected chi connectivity index (χ3v) is 2.07. The fraction of sp³-hybridized carbons (Fsp3) is 0.357. The van der Waals surface area contributed by atoms with E-state index in [-0.39, 0.29) is 11.5 Å². The monoisotopic (exact) mass is 261 g/mol. The minimum atomic E-state index is -0.452. The molecule has 102 valence electrons. The molecule has 0 spiro atoms. The normalized spacial score (nSPS) is 13.3. The molecule has 19 heavy (non-hydrogen) atoms. The molecule has 1 aromatic rings. The molecule has 0 aliphatic heterocycles. The van der Waals surface area contributed by atoms with Crippen LogP contribution in [0.25, 0.3) is 0 Å². The van der Waals surface area contributed by atoms with E-state index in [0.29, 0.717) is 5.69 Å². The average molecular weight is 261 g/mol. The average Bonchev–Trinajstić information content (AvgIpc) is 2.27. The number of aliphatic hydroxyl groups excluding tert-OH is 1. The summed E-state index contributed by atoms with van der Waals surface area (Å²) in [5.41, 5.74) is 0.128. The highest BCUT2D eigenvalue weighted by atomic mass is 16.3. The van der Waals surface area contributed by atoms with Gasteiger partial charge in [0.15, 0.2) is 5.70 Å². The molecule has 5 nitrogen and oxygen atoms in total. The van der Waals surface area contributed by atoms with Crippen LogP contribution in [0, 0.1) is 0 Å². The summed E-state index contributed by atoms with van der Waals surface area (Å²) in [5.74, 6) is -0.617. The summed E-state index contributed by atoms with van der Waals surface area (Å²) in [5, 5.41) is 20.0. The number of azo groups is 1. The van der Waals surface area contributed by atoms with Crippen LogP contribution < -0.4 is 5.32 Å². The number of nitrogens with one attached hydrogen (secondary N) is 1. The lowest BCUT2D eigenvalue weighted by atomic mass is 10.1. The van der Waals surface area contributed by atoms with E-state index in [0.717, 1.165) is 0 Å². The van der Waals surface area contributed by atoms with Gasteiger partial charge >= 0.3 is 0 Å². The van der Waals surface area contributed by atoms with Crippen molar-refractivity contribution >= 4 is 11.6 Å². The summed E-state index contributed by atoms with van der Waals surface area (Å²) in [6.45, 7) is 6.96. The third-order valence-electron chi connectivity index (χ3n) is 2.07. The Morgan fingerprint density at radius 2 is 1.79 bits per heavy atom. The molecule has 0 fully saturated rings. The Hall–Kier alpha value is -2.17. The number of amides is 1. The van der Waals surface area contributed by atoms with Gasteiger partial charge < -0.3 is 10.4 Å². The maximum atomic E-state index is 11.9. The van der Waals surface area contributed by atoms with Crippen LogP contribution in [-0.2, 0) is 4.79 Å². The van der Waals surface area contributed by atoms with E-state index in [2.05, 4.69) is 15.5 Å². The zero-order chi connectivity index (χ0) is 14.5. The van der Waals surface area contributed by atoms with Crippen molar-refractivity contribution in [3.05, 3.63) is 41.8 Å². The SMILES string of the molecule is C/C(O)=C(/N=Nc1ccccc1)C(=O)NC(C)(C)C. The first-order valence-corrected chi connectivity index (χ1v) is 5.99. The fourth-order valence-electron chi connectivity index (χ4n) is 1.28. The molecule has 0 atom stereocenters. The van der Waals surface area contributed by atoms with Crippen molar-refractivity contribution in [2.45, 2.75) is 33.2 Å². The molecule has 0 aromatic heterocycles. The maximum absolute atomic E-state index is 11.9. The summed E-state index contributed by atoms with van der Waals surface area (Å²) in [7, 11) is 0. The van der Waals surface area contributed by atoms with Crippen LogP contribution in [0.3, 0.4) is 0 Å². The minimum Gasteiger partial charge on any atom is -0.510 e. The van der Waals surface area contributed by atoms with Gasteiger partial charge in [0.25, 0.3) is 5.91 Å². The first-order valence-electron chi connectivity index (χ1n) is 5.99. The van der Waals surface area contributed by atoms with Gasteiger partial charge in [0, 0.05) is 5.54 Å². The molecule has 1 rings (SSSR count). The predicted octanol–water partition coefficient (Wildman–Crippen LogP) is 3.47. The van der Waals surface area contributed by atoms with Crippen LogP contribution in [0.4, 0.5) is 5.69 Å². The van der Waals surface area contributed by atoms with Crippen molar-refractivity contribution in [2.24, 2.45) is 10.2 Å². The highest BCUT2D eigenvalue weighted by Gasteiger charge is 2.19. The van der Waals surface area contributed by atoms with Crippen molar-refractivity contribution in [3.8, 4) is 0 Å². The van der Waals surface area contributed by atoms with E-state index in [1.807, 2.05) is 39.0 Å². The molecule has 1 amide bonds. The van der Waals surface area contributed by atoms with Gasteiger partial charge in [0.2, 0.25) is 0 Å². The Labute approximate surface area is 113 Å². The number of carbonyl (C=O) groups is 1. The van der Waals surface area contributed by atoms with Crippen molar-refractivity contribution in [1.29, 1.82) is 0 Å². The zero-order valence-electron chi connectivity index (χ0n) is 11.6. The van der Waals surface area contributed by atoms with Crippen molar-refractivity contribution in [3.63, 3.8) is 0 Å². The molecule has 0 saturated heterocycles. The van der Waals surface area contributed by atoms with Gasteiger partial charge in [-0.3, -0.25) is 4.79 Å². The molecule has 0 bridgehead atoms.